The number of hydrogen-bond donors (Lipinski definition) is 4. The molecule has 1 fully saturated rings. The molecule has 0 bridgehead atoms. The molecule has 0 saturated carbocycles. The zero-order valence-electron chi connectivity index (χ0n) is 38.3. The molecule has 3 aromatic rings. The molecule has 4 amide bonds. The van der Waals surface area contributed by atoms with Crippen molar-refractivity contribution in [3.05, 3.63) is 47.7 Å². The second-order valence-corrected chi connectivity index (χ2v) is 20.7. The van der Waals surface area contributed by atoms with Gasteiger partial charge in [0.2, 0.25) is 6.20 Å². The predicted molar refractivity (Wildman–Crippen MR) is 234 cm³/mol. The van der Waals surface area contributed by atoms with E-state index in [4.69, 9.17) is 23.8 Å². The molecule has 2 unspecified atom stereocenters. The van der Waals surface area contributed by atoms with Gasteiger partial charge in [0.15, 0.2) is 17.9 Å². The van der Waals surface area contributed by atoms with Crippen LogP contribution in [0.5, 0.6) is 5.75 Å². The van der Waals surface area contributed by atoms with Crippen LogP contribution in [0, 0.1) is 0 Å². The Labute approximate surface area is 376 Å². The van der Waals surface area contributed by atoms with Crippen LogP contribution in [0.25, 0.3) is 11.1 Å². The van der Waals surface area contributed by atoms with Crippen molar-refractivity contribution in [1.29, 1.82) is 0 Å². The number of ether oxygens (including phenoxy) is 4. The Bertz CT molecular complexity index is 2360. The number of esters is 1. The summed E-state index contributed by atoms with van der Waals surface area (Å²) >= 11 is 0.891. The van der Waals surface area contributed by atoms with Crippen molar-refractivity contribution >= 4 is 62.5 Å². The molecule has 4 rings (SSSR count). The maximum absolute atomic E-state index is 13.9. The van der Waals surface area contributed by atoms with Gasteiger partial charge < -0.3 is 34.4 Å². The van der Waals surface area contributed by atoms with E-state index in [1.54, 1.807) is 74.4 Å². The number of anilines is 1. The van der Waals surface area contributed by atoms with Crippen molar-refractivity contribution in [1.82, 2.24) is 24.6 Å². The van der Waals surface area contributed by atoms with Gasteiger partial charge in [0.25, 0.3) is 17.4 Å². The number of thiazole rings is 1. The van der Waals surface area contributed by atoms with Gasteiger partial charge in [0.1, 0.15) is 40.9 Å². The van der Waals surface area contributed by atoms with Crippen LogP contribution in [-0.4, -0.2) is 110 Å². The van der Waals surface area contributed by atoms with Crippen LogP contribution in [0.1, 0.15) is 95.2 Å². The summed E-state index contributed by atoms with van der Waals surface area (Å²) in [6.45, 7) is 19.8. The maximum Gasteiger partial charge on any atom is 0.413 e. The molecule has 64 heavy (non-hydrogen) atoms. The van der Waals surface area contributed by atoms with Crippen molar-refractivity contribution < 1.29 is 65.4 Å². The zero-order chi connectivity index (χ0) is 48.2. The van der Waals surface area contributed by atoms with E-state index in [1.165, 1.54) is 26.2 Å². The summed E-state index contributed by atoms with van der Waals surface area (Å²) in [6, 6.07) is 5.57. The second kappa shape index (κ2) is 19.1. The van der Waals surface area contributed by atoms with Crippen LogP contribution < -0.4 is 25.4 Å². The number of hydrogen-bond acceptors (Lipinski definition) is 15. The lowest BCUT2D eigenvalue weighted by molar-refractivity contribution is -0.753. The SMILES string of the molecule is C[n+]1cc(-c2ccc(OCC(C)(ON=C(C(=O)NC3C(=O)N(S(=O)(=O)O)C3(C)C)c3csc(NC(=O)OC(C)(C)C)n3)C(=O)OC(C)(C)C)cc2)cn1CCCNC(=O)OC(C)(C)C. The van der Waals surface area contributed by atoms with Crippen molar-refractivity contribution in [2.75, 3.05) is 18.5 Å². The number of benzene rings is 1. The molecule has 0 radical (unpaired) electrons. The van der Waals surface area contributed by atoms with Crippen LogP contribution >= 0.6 is 11.3 Å². The molecular formula is C41H59N8O13S2+. The number of rotatable bonds is 16. The van der Waals surface area contributed by atoms with Gasteiger partial charge in [-0.2, -0.15) is 13.1 Å². The third kappa shape index (κ3) is 13.8. The first-order valence-corrected chi connectivity index (χ1v) is 22.4. The molecule has 2 aromatic heterocycles. The number of aromatic nitrogens is 3. The number of alkyl carbamates (subject to hydrolysis) is 1. The van der Waals surface area contributed by atoms with E-state index in [0.29, 0.717) is 25.3 Å². The second-order valence-electron chi connectivity index (χ2n) is 18.6. The zero-order valence-corrected chi connectivity index (χ0v) is 40.0. The van der Waals surface area contributed by atoms with Gasteiger partial charge >= 0.3 is 28.5 Å². The van der Waals surface area contributed by atoms with Crippen LogP contribution in [0.3, 0.4) is 0 Å². The number of carbonyl (C=O) groups excluding carboxylic acids is 5. The highest BCUT2D eigenvalue weighted by Crippen LogP contribution is 2.34. The summed E-state index contributed by atoms with van der Waals surface area (Å²) in [4.78, 5) is 75.2. The quantitative estimate of drug-likeness (QED) is 0.0225. The number of carbonyl (C=O) groups is 5. The Morgan fingerprint density at radius 1 is 0.922 bits per heavy atom. The molecule has 1 aliphatic rings. The fraction of sp³-hybridized carbons (Fsp3) is 0.561. The Morgan fingerprint density at radius 3 is 2.08 bits per heavy atom. The normalized spacial score (nSPS) is 16.5. The molecule has 352 valence electrons. The number of β-lactam (4-membered cyclic amide) rings is 1. The monoisotopic (exact) mass is 935 g/mol. The van der Waals surface area contributed by atoms with Gasteiger partial charge in [0, 0.05) is 11.9 Å². The van der Waals surface area contributed by atoms with Gasteiger partial charge in [-0.1, -0.05) is 17.3 Å². The van der Waals surface area contributed by atoms with Crippen LogP contribution in [0.2, 0.25) is 0 Å². The Hall–Kier alpha value is -5.81. The predicted octanol–water partition coefficient (Wildman–Crippen LogP) is 4.51. The molecule has 0 spiro atoms. The largest absolute Gasteiger partial charge is 0.489 e. The summed E-state index contributed by atoms with van der Waals surface area (Å²) in [5.41, 5.74) is -5.05. The summed E-state index contributed by atoms with van der Waals surface area (Å²) in [7, 11) is -3.06. The number of nitrogens with zero attached hydrogens (tertiary/aromatic N) is 5. The average Bonchev–Trinajstić information content (AvgIpc) is 3.74. The molecule has 0 aliphatic carbocycles. The van der Waals surface area contributed by atoms with E-state index < -0.39 is 86.6 Å². The Morgan fingerprint density at radius 2 is 1.52 bits per heavy atom. The molecular weight excluding hydrogens is 877 g/mol. The maximum atomic E-state index is 13.9. The third-order valence-electron chi connectivity index (χ3n) is 8.88. The summed E-state index contributed by atoms with van der Waals surface area (Å²) in [5.74, 6) is -2.79. The molecule has 1 aliphatic heterocycles. The molecule has 3 heterocycles. The summed E-state index contributed by atoms with van der Waals surface area (Å²) in [6.07, 6.45) is 3.26. The van der Waals surface area contributed by atoms with Gasteiger partial charge in [-0.15, -0.1) is 16.0 Å². The molecule has 21 nitrogen and oxygen atoms in total. The average molecular weight is 936 g/mol. The Kier molecular flexibility index (Phi) is 15.2. The van der Waals surface area contributed by atoms with Crippen LogP contribution in [0.4, 0.5) is 14.7 Å². The van der Waals surface area contributed by atoms with Gasteiger partial charge in [-0.3, -0.25) is 19.5 Å². The van der Waals surface area contributed by atoms with E-state index in [2.05, 4.69) is 26.1 Å². The molecule has 2 atom stereocenters. The van der Waals surface area contributed by atoms with E-state index >= 15 is 0 Å². The highest BCUT2D eigenvalue weighted by Gasteiger charge is 2.60. The fourth-order valence-electron chi connectivity index (χ4n) is 5.94. The van der Waals surface area contributed by atoms with Crippen LogP contribution in [-0.2, 0) is 57.3 Å². The highest BCUT2D eigenvalue weighted by molar-refractivity contribution is 7.84. The van der Waals surface area contributed by atoms with Gasteiger partial charge in [-0.25, -0.2) is 23.7 Å². The number of nitrogens with one attached hydrogen (secondary N) is 3. The Balaban J connectivity index is 1.57. The topological polar surface area (TPSA) is 259 Å². The van der Waals surface area contributed by atoms with Crippen molar-refractivity contribution in [2.45, 2.75) is 130 Å². The van der Waals surface area contributed by atoms with Crippen LogP contribution in [0.15, 0.2) is 47.2 Å². The first kappa shape index (κ1) is 50.8. The van der Waals surface area contributed by atoms with Crippen molar-refractivity contribution in [3.8, 4) is 16.9 Å². The van der Waals surface area contributed by atoms with E-state index in [-0.39, 0.29) is 15.1 Å². The lowest BCUT2D eigenvalue weighted by Crippen LogP contribution is -2.77. The molecule has 4 N–H and O–H groups in total. The highest BCUT2D eigenvalue weighted by atomic mass is 32.2. The summed E-state index contributed by atoms with van der Waals surface area (Å²) in [5, 5.41) is 13.0. The van der Waals surface area contributed by atoms with E-state index in [0.717, 1.165) is 22.5 Å². The summed E-state index contributed by atoms with van der Waals surface area (Å²) < 4.78 is 59.8. The molecule has 23 heteroatoms. The lowest BCUT2D eigenvalue weighted by Gasteiger charge is -2.50. The van der Waals surface area contributed by atoms with E-state index in [1.807, 2.05) is 40.9 Å². The lowest BCUT2D eigenvalue weighted by atomic mass is 9.85. The first-order chi connectivity index (χ1) is 29.3. The number of amides is 4. The van der Waals surface area contributed by atoms with E-state index in [9.17, 15) is 36.9 Å². The number of aryl methyl sites for hydroxylation is 2. The smallest absolute Gasteiger partial charge is 0.413 e. The molecule has 1 aromatic carbocycles. The van der Waals surface area contributed by atoms with Gasteiger partial charge in [-0.05, 0) is 107 Å². The third-order valence-corrected chi connectivity index (χ3v) is 10.7. The molecule has 1 saturated heterocycles. The number of oxime groups is 1. The minimum absolute atomic E-state index is 0.0121. The van der Waals surface area contributed by atoms with Crippen molar-refractivity contribution in [3.63, 3.8) is 0 Å². The first-order valence-electron chi connectivity index (χ1n) is 20.1. The minimum atomic E-state index is -4.96. The van der Waals surface area contributed by atoms with Gasteiger partial charge in [0.05, 0.1) is 23.8 Å². The standard InChI is InChI=1S/C41H58N8O13S2/c1-37(2,3)59-33(52)41(12,24-58-27-17-15-25(16-18-27)26-21-47(13)48(22-26)20-14-19-42-35(53)60-38(4,5)6)62-46-29(28-23-63-34(43-28)45-36(54)61-39(7,8)9)31(50)44-30-32(51)49(40(30,10)11)64(55,56)57/h15-18,21-23,30H,14,19-20,24H2,1-13H3,(H3-,42,43,44,45,50,53,54,55,56,57)/p+1. The van der Waals surface area contributed by atoms with Crippen molar-refractivity contribution in [2.24, 2.45) is 12.2 Å². The minimum Gasteiger partial charge on any atom is -0.489 e. The fourth-order valence-corrected chi connectivity index (χ4v) is 7.65.